The predicted octanol–water partition coefficient (Wildman–Crippen LogP) is 1.55. The van der Waals surface area contributed by atoms with Crippen LogP contribution in [0.3, 0.4) is 0 Å². The van der Waals surface area contributed by atoms with Gasteiger partial charge in [0.05, 0.1) is 11.8 Å². The monoisotopic (exact) mass is 174 g/mol. The molecule has 0 saturated carbocycles. The second-order valence-electron chi connectivity index (χ2n) is 2.42. The van der Waals surface area contributed by atoms with Crippen LogP contribution in [0.25, 0.3) is 11.5 Å². The van der Waals surface area contributed by atoms with E-state index in [4.69, 9.17) is 4.42 Å². The summed E-state index contributed by atoms with van der Waals surface area (Å²) in [6.45, 7) is 0. The Morgan fingerprint density at radius 1 is 1.38 bits per heavy atom. The zero-order valence-corrected chi connectivity index (χ0v) is 6.68. The number of oxazole rings is 1. The van der Waals surface area contributed by atoms with Gasteiger partial charge in [-0.25, -0.2) is 4.98 Å². The maximum atomic E-state index is 10.6. The molecule has 0 radical (unpaired) electrons. The number of pyridine rings is 1. The number of hydrogen-bond acceptors (Lipinski definition) is 4. The summed E-state index contributed by atoms with van der Waals surface area (Å²) in [6, 6.07) is 1.62. The molecule has 4 nitrogen and oxygen atoms in total. The summed E-state index contributed by atoms with van der Waals surface area (Å²) < 4.78 is 5.05. The van der Waals surface area contributed by atoms with E-state index in [1.807, 2.05) is 0 Å². The van der Waals surface area contributed by atoms with Gasteiger partial charge in [0.2, 0.25) is 5.89 Å². The summed E-state index contributed by atoms with van der Waals surface area (Å²) in [7, 11) is 0. The summed E-state index contributed by atoms with van der Waals surface area (Å²) in [5.41, 5.74) is 1.14. The molecule has 0 amide bonds. The molecule has 2 aromatic heterocycles. The molecule has 13 heavy (non-hydrogen) atoms. The van der Waals surface area contributed by atoms with E-state index in [0.717, 1.165) is 6.29 Å². The summed E-state index contributed by atoms with van der Waals surface area (Å²) in [4.78, 5) is 18.4. The summed E-state index contributed by atoms with van der Waals surface area (Å²) in [5.74, 6) is 0.412. The van der Waals surface area contributed by atoms with Gasteiger partial charge in [-0.15, -0.1) is 0 Å². The van der Waals surface area contributed by atoms with E-state index in [1.54, 1.807) is 18.5 Å². The van der Waals surface area contributed by atoms with Gasteiger partial charge in [0, 0.05) is 18.0 Å². The minimum absolute atomic E-state index is 0.412. The Bertz CT molecular complexity index is 409. The predicted molar refractivity (Wildman–Crippen MR) is 45.1 cm³/mol. The third-order valence-electron chi connectivity index (χ3n) is 1.64. The average molecular weight is 174 g/mol. The Morgan fingerprint density at radius 2 is 2.31 bits per heavy atom. The smallest absolute Gasteiger partial charge is 0.228 e. The second-order valence-corrected chi connectivity index (χ2v) is 2.42. The van der Waals surface area contributed by atoms with Crippen molar-refractivity contribution in [1.82, 2.24) is 9.97 Å². The number of carbonyl (C=O) groups excluding carboxylic acids is 1. The van der Waals surface area contributed by atoms with E-state index in [0.29, 0.717) is 17.0 Å². The molecule has 0 unspecified atom stereocenters. The van der Waals surface area contributed by atoms with Crippen molar-refractivity contribution in [3.8, 4) is 11.5 Å². The van der Waals surface area contributed by atoms with E-state index in [9.17, 15) is 4.79 Å². The molecule has 0 spiro atoms. The molecule has 2 aromatic rings. The minimum Gasteiger partial charge on any atom is -0.444 e. The lowest BCUT2D eigenvalue weighted by Crippen LogP contribution is -1.88. The number of rotatable bonds is 2. The van der Waals surface area contributed by atoms with Gasteiger partial charge in [-0.2, -0.15) is 0 Å². The van der Waals surface area contributed by atoms with Crippen molar-refractivity contribution >= 4 is 6.29 Å². The van der Waals surface area contributed by atoms with Gasteiger partial charge in [0.25, 0.3) is 0 Å². The highest BCUT2D eigenvalue weighted by Gasteiger charge is 2.07. The number of aldehydes is 1. The molecule has 0 aliphatic heterocycles. The van der Waals surface area contributed by atoms with Gasteiger partial charge in [-0.1, -0.05) is 0 Å². The van der Waals surface area contributed by atoms with Crippen LogP contribution in [0.5, 0.6) is 0 Å². The Hall–Kier alpha value is -1.97. The van der Waals surface area contributed by atoms with Gasteiger partial charge in [0.15, 0.2) is 6.29 Å². The highest BCUT2D eigenvalue weighted by Crippen LogP contribution is 2.18. The lowest BCUT2D eigenvalue weighted by atomic mass is 10.1. The fourth-order valence-corrected chi connectivity index (χ4v) is 1.04. The zero-order chi connectivity index (χ0) is 9.10. The van der Waals surface area contributed by atoms with Crippen LogP contribution in [0.1, 0.15) is 10.4 Å². The molecule has 0 bridgehead atoms. The van der Waals surface area contributed by atoms with Gasteiger partial charge in [-0.05, 0) is 6.07 Å². The first-order chi connectivity index (χ1) is 6.42. The van der Waals surface area contributed by atoms with Gasteiger partial charge in [0.1, 0.15) is 6.26 Å². The van der Waals surface area contributed by atoms with Crippen LogP contribution in [0.15, 0.2) is 35.3 Å². The number of carbonyl (C=O) groups is 1. The molecular weight excluding hydrogens is 168 g/mol. The van der Waals surface area contributed by atoms with Crippen molar-refractivity contribution in [2.75, 3.05) is 0 Å². The number of nitrogens with zero attached hydrogens (tertiary/aromatic N) is 2. The lowest BCUT2D eigenvalue weighted by Gasteiger charge is -1.96. The van der Waals surface area contributed by atoms with Crippen LogP contribution in [0.2, 0.25) is 0 Å². The van der Waals surface area contributed by atoms with Crippen molar-refractivity contribution in [1.29, 1.82) is 0 Å². The first-order valence-corrected chi connectivity index (χ1v) is 3.71. The number of aromatic nitrogens is 2. The third kappa shape index (κ3) is 1.33. The molecule has 64 valence electrons. The van der Waals surface area contributed by atoms with Crippen LogP contribution in [0.4, 0.5) is 0 Å². The zero-order valence-electron chi connectivity index (χ0n) is 6.68. The Labute approximate surface area is 74.2 Å². The van der Waals surface area contributed by atoms with Gasteiger partial charge < -0.3 is 4.42 Å². The van der Waals surface area contributed by atoms with Crippen molar-refractivity contribution in [2.45, 2.75) is 0 Å². The van der Waals surface area contributed by atoms with E-state index >= 15 is 0 Å². The molecule has 0 saturated heterocycles. The van der Waals surface area contributed by atoms with Crippen LogP contribution in [-0.4, -0.2) is 16.3 Å². The Morgan fingerprint density at radius 3 is 3.00 bits per heavy atom. The second kappa shape index (κ2) is 3.18. The first-order valence-electron chi connectivity index (χ1n) is 3.71. The molecule has 0 aliphatic rings. The minimum atomic E-state index is 0.412. The summed E-state index contributed by atoms with van der Waals surface area (Å²) in [6.07, 6.45) is 6.83. The number of hydrogen-bond donors (Lipinski definition) is 0. The fourth-order valence-electron chi connectivity index (χ4n) is 1.04. The SMILES string of the molecule is O=Cc1ccncc1-c1ncco1. The quantitative estimate of drug-likeness (QED) is 0.648. The molecule has 0 aliphatic carbocycles. The maximum absolute atomic E-state index is 10.6. The van der Waals surface area contributed by atoms with E-state index in [-0.39, 0.29) is 0 Å². The van der Waals surface area contributed by atoms with Crippen LogP contribution in [0, 0.1) is 0 Å². The molecule has 0 aromatic carbocycles. The molecule has 4 heteroatoms. The molecule has 0 fully saturated rings. The molecule has 2 heterocycles. The Balaban J connectivity index is 2.57. The van der Waals surface area contributed by atoms with Gasteiger partial charge in [-0.3, -0.25) is 9.78 Å². The highest BCUT2D eigenvalue weighted by molar-refractivity contribution is 5.84. The lowest BCUT2D eigenvalue weighted by molar-refractivity contribution is 0.112. The molecule has 2 rings (SSSR count). The fraction of sp³-hybridized carbons (Fsp3) is 0. The standard InChI is InChI=1S/C9H6N2O2/c12-6-7-1-2-10-5-8(7)9-11-3-4-13-9/h1-6H. The van der Waals surface area contributed by atoms with Crippen molar-refractivity contribution in [2.24, 2.45) is 0 Å². The van der Waals surface area contributed by atoms with E-state index < -0.39 is 0 Å². The molecular formula is C9H6N2O2. The van der Waals surface area contributed by atoms with Gasteiger partial charge >= 0.3 is 0 Å². The highest BCUT2D eigenvalue weighted by atomic mass is 16.3. The van der Waals surface area contributed by atoms with E-state index in [2.05, 4.69) is 9.97 Å². The summed E-state index contributed by atoms with van der Waals surface area (Å²) in [5, 5.41) is 0. The van der Waals surface area contributed by atoms with Crippen LogP contribution < -0.4 is 0 Å². The Kier molecular flexibility index (Phi) is 1.88. The normalized spacial score (nSPS) is 9.85. The van der Waals surface area contributed by atoms with Crippen molar-refractivity contribution in [3.63, 3.8) is 0 Å². The molecule has 0 atom stereocenters. The van der Waals surface area contributed by atoms with Crippen LogP contribution >= 0.6 is 0 Å². The van der Waals surface area contributed by atoms with Crippen LogP contribution in [-0.2, 0) is 0 Å². The first kappa shape index (κ1) is 7.67. The van der Waals surface area contributed by atoms with Crippen molar-refractivity contribution < 1.29 is 9.21 Å². The maximum Gasteiger partial charge on any atom is 0.228 e. The topological polar surface area (TPSA) is 56.0 Å². The third-order valence-corrected chi connectivity index (χ3v) is 1.64. The molecule has 0 N–H and O–H groups in total. The summed E-state index contributed by atoms with van der Waals surface area (Å²) >= 11 is 0. The van der Waals surface area contributed by atoms with Crippen molar-refractivity contribution in [3.05, 3.63) is 36.5 Å². The largest absolute Gasteiger partial charge is 0.444 e. The van der Waals surface area contributed by atoms with E-state index in [1.165, 1.54) is 12.5 Å². The average Bonchev–Trinajstić information content (AvgIpc) is 2.70.